The molecule has 0 aromatic heterocycles. The van der Waals surface area contributed by atoms with Crippen molar-refractivity contribution < 1.29 is 23.5 Å². The highest BCUT2D eigenvalue weighted by Crippen LogP contribution is 2.34. The number of anilines is 1. The van der Waals surface area contributed by atoms with Gasteiger partial charge < -0.3 is 15.4 Å². The Balaban J connectivity index is 1.56. The monoisotopic (exact) mass is 489 g/mol. The van der Waals surface area contributed by atoms with Crippen molar-refractivity contribution in [1.29, 1.82) is 0 Å². The molecule has 1 heterocycles. The molecule has 7 nitrogen and oxygen atoms in total. The number of nitrogens with one attached hydrogen (secondary N) is 2. The molecule has 1 aliphatic rings. The molecule has 4 rings (SSSR count). The Morgan fingerprint density at radius 1 is 0.944 bits per heavy atom. The summed E-state index contributed by atoms with van der Waals surface area (Å²) in [4.78, 5) is 39.5. The second-order valence-corrected chi connectivity index (χ2v) is 8.63. The zero-order valence-corrected chi connectivity index (χ0v) is 19.9. The summed E-state index contributed by atoms with van der Waals surface area (Å²) in [6.45, 7) is 2.31. The number of amides is 3. The van der Waals surface area contributed by atoms with Gasteiger partial charge in [-0.3, -0.25) is 14.5 Å². The normalized spacial score (nSPS) is 16.9. The molecular formula is C28H28FN3O4. The van der Waals surface area contributed by atoms with Crippen LogP contribution in [0.15, 0.2) is 78.9 Å². The number of benzene rings is 3. The van der Waals surface area contributed by atoms with E-state index >= 15 is 0 Å². The van der Waals surface area contributed by atoms with Crippen LogP contribution in [0.5, 0.6) is 0 Å². The summed E-state index contributed by atoms with van der Waals surface area (Å²) in [7, 11) is 0. The van der Waals surface area contributed by atoms with Crippen LogP contribution in [0, 0.1) is 5.82 Å². The summed E-state index contributed by atoms with van der Waals surface area (Å²) in [5.41, 5.74) is 2.84. The molecule has 36 heavy (non-hydrogen) atoms. The molecule has 1 fully saturated rings. The van der Waals surface area contributed by atoms with E-state index in [0.717, 1.165) is 12.0 Å². The third-order valence-corrected chi connectivity index (χ3v) is 5.93. The van der Waals surface area contributed by atoms with Gasteiger partial charge in [0.25, 0.3) is 0 Å². The molecule has 0 aliphatic carbocycles. The van der Waals surface area contributed by atoms with E-state index in [-0.39, 0.29) is 24.2 Å². The minimum atomic E-state index is -0.938. The maximum atomic E-state index is 13.4. The molecule has 0 saturated carbocycles. The van der Waals surface area contributed by atoms with Crippen molar-refractivity contribution in [2.45, 2.75) is 45.0 Å². The third kappa shape index (κ3) is 6.07. The molecule has 8 heteroatoms. The first kappa shape index (κ1) is 24.9. The first-order chi connectivity index (χ1) is 17.4. The number of halogens is 1. The molecule has 2 atom stereocenters. The zero-order chi connectivity index (χ0) is 25.5. The predicted molar refractivity (Wildman–Crippen MR) is 133 cm³/mol. The second kappa shape index (κ2) is 11.5. The molecule has 0 bridgehead atoms. The number of cyclic esters (lactones) is 1. The standard InChI is InChI=1S/C28H28FN3O4/c1-2-6-24(33)31-23-15-11-21(12-16-23)26-25(27(34)30-17-19-7-4-3-5-8-19)32(28(35)36-26)18-20-9-13-22(29)14-10-20/h3-5,7-16,25-26H,2,6,17-18H2,1H3,(H,30,34)(H,31,33). The lowest BCUT2D eigenvalue weighted by molar-refractivity contribution is -0.126. The molecule has 186 valence electrons. The summed E-state index contributed by atoms with van der Waals surface area (Å²) in [6, 6.07) is 21.2. The van der Waals surface area contributed by atoms with Crippen LogP contribution in [0.3, 0.4) is 0 Å². The van der Waals surface area contributed by atoms with E-state index in [2.05, 4.69) is 10.6 Å². The summed E-state index contributed by atoms with van der Waals surface area (Å²) in [6.07, 6.45) is -0.325. The fourth-order valence-electron chi connectivity index (χ4n) is 4.09. The highest BCUT2D eigenvalue weighted by atomic mass is 19.1. The lowest BCUT2D eigenvalue weighted by atomic mass is 10.00. The van der Waals surface area contributed by atoms with Gasteiger partial charge in [0.2, 0.25) is 11.8 Å². The molecule has 1 aliphatic heterocycles. The van der Waals surface area contributed by atoms with Crippen molar-refractivity contribution in [3.63, 3.8) is 0 Å². The number of hydrogen-bond donors (Lipinski definition) is 2. The number of hydrogen-bond acceptors (Lipinski definition) is 4. The maximum absolute atomic E-state index is 13.4. The fourth-order valence-corrected chi connectivity index (χ4v) is 4.09. The molecule has 3 aromatic rings. The average Bonchev–Trinajstić information content (AvgIpc) is 3.21. The average molecular weight is 490 g/mol. The van der Waals surface area contributed by atoms with Gasteiger partial charge >= 0.3 is 6.09 Å². The quantitative estimate of drug-likeness (QED) is 0.446. The van der Waals surface area contributed by atoms with Crippen molar-refractivity contribution in [2.75, 3.05) is 5.32 Å². The topological polar surface area (TPSA) is 87.7 Å². The summed E-state index contributed by atoms with van der Waals surface area (Å²) >= 11 is 0. The molecule has 2 N–H and O–H groups in total. The predicted octanol–water partition coefficient (Wildman–Crippen LogP) is 4.94. The number of nitrogens with zero attached hydrogens (tertiary/aromatic N) is 1. The van der Waals surface area contributed by atoms with Gasteiger partial charge in [-0.05, 0) is 47.4 Å². The zero-order valence-electron chi connectivity index (χ0n) is 19.9. The van der Waals surface area contributed by atoms with Gasteiger partial charge in [-0.25, -0.2) is 9.18 Å². The van der Waals surface area contributed by atoms with Crippen LogP contribution in [0.2, 0.25) is 0 Å². The molecule has 3 amide bonds. The van der Waals surface area contributed by atoms with Crippen LogP contribution in [-0.2, 0) is 27.4 Å². The number of carbonyl (C=O) groups is 3. The van der Waals surface area contributed by atoms with E-state index in [9.17, 15) is 18.8 Å². The smallest absolute Gasteiger partial charge is 0.411 e. The first-order valence-electron chi connectivity index (χ1n) is 11.9. The molecule has 3 aromatic carbocycles. The fraction of sp³-hybridized carbons (Fsp3) is 0.250. The maximum Gasteiger partial charge on any atom is 0.411 e. The van der Waals surface area contributed by atoms with Crippen molar-refractivity contribution >= 4 is 23.6 Å². The SMILES string of the molecule is CCCC(=O)Nc1ccc(C2OC(=O)N(Cc3ccc(F)cc3)C2C(=O)NCc2ccccc2)cc1. The van der Waals surface area contributed by atoms with Crippen LogP contribution in [0.25, 0.3) is 0 Å². The molecule has 2 unspecified atom stereocenters. The number of ether oxygens (including phenoxy) is 1. The van der Waals surface area contributed by atoms with Crippen LogP contribution in [0.1, 0.15) is 42.6 Å². The van der Waals surface area contributed by atoms with Crippen molar-refractivity contribution in [3.05, 3.63) is 101 Å². The summed E-state index contributed by atoms with van der Waals surface area (Å²) in [5, 5.41) is 5.73. The van der Waals surface area contributed by atoms with Crippen LogP contribution < -0.4 is 10.6 Å². The van der Waals surface area contributed by atoms with E-state index < -0.39 is 18.2 Å². The molecule has 0 radical (unpaired) electrons. The summed E-state index contributed by atoms with van der Waals surface area (Å²) in [5.74, 6) is -0.831. The minimum Gasteiger partial charge on any atom is -0.438 e. The molecule has 1 saturated heterocycles. The Morgan fingerprint density at radius 3 is 2.31 bits per heavy atom. The van der Waals surface area contributed by atoms with Crippen molar-refractivity contribution in [2.24, 2.45) is 0 Å². The van der Waals surface area contributed by atoms with Gasteiger partial charge in [0.15, 0.2) is 12.1 Å². The van der Waals surface area contributed by atoms with Crippen molar-refractivity contribution in [3.8, 4) is 0 Å². The highest BCUT2D eigenvalue weighted by Gasteiger charge is 2.46. The number of carbonyl (C=O) groups excluding carboxylic acids is 3. The minimum absolute atomic E-state index is 0.0822. The van der Waals surface area contributed by atoms with Crippen LogP contribution in [0.4, 0.5) is 14.9 Å². The Kier molecular flexibility index (Phi) is 7.95. The van der Waals surface area contributed by atoms with Gasteiger partial charge in [0, 0.05) is 18.7 Å². The van der Waals surface area contributed by atoms with E-state index in [1.54, 1.807) is 36.4 Å². The van der Waals surface area contributed by atoms with E-state index in [0.29, 0.717) is 29.8 Å². The van der Waals surface area contributed by atoms with Gasteiger partial charge in [-0.15, -0.1) is 0 Å². The van der Waals surface area contributed by atoms with Crippen molar-refractivity contribution in [1.82, 2.24) is 10.2 Å². The third-order valence-electron chi connectivity index (χ3n) is 5.93. The Hall–Kier alpha value is -4.20. The van der Waals surface area contributed by atoms with Gasteiger partial charge in [0.05, 0.1) is 6.54 Å². The molecular weight excluding hydrogens is 461 g/mol. The van der Waals surface area contributed by atoms with E-state index in [1.807, 2.05) is 37.3 Å². The summed E-state index contributed by atoms with van der Waals surface area (Å²) < 4.78 is 19.1. The number of rotatable bonds is 9. The Labute approximate surface area is 209 Å². The largest absolute Gasteiger partial charge is 0.438 e. The highest BCUT2D eigenvalue weighted by molar-refractivity contribution is 5.91. The van der Waals surface area contributed by atoms with Gasteiger partial charge in [0.1, 0.15) is 5.82 Å². The first-order valence-corrected chi connectivity index (χ1v) is 11.9. The Morgan fingerprint density at radius 2 is 1.64 bits per heavy atom. The lowest BCUT2D eigenvalue weighted by Crippen LogP contribution is -2.46. The van der Waals surface area contributed by atoms with E-state index in [1.165, 1.54) is 17.0 Å². The van der Waals surface area contributed by atoms with Crippen LogP contribution >= 0.6 is 0 Å². The Bertz CT molecular complexity index is 1200. The second-order valence-electron chi connectivity index (χ2n) is 8.63. The van der Waals surface area contributed by atoms with Gasteiger partial charge in [-0.1, -0.05) is 61.5 Å². The van der Waals surface area contributed by atoms with Gasteiger partial charge in [-0.2, -0.15) is 0 Å². The van der Waals surface area contributed by atoms with Crippen LogP contribution in [-0.4, -0.2) is 28.8 Å². The van der Waals surface area contributed by atoms with E-state index in [4.69, 9.17) is 4.74 Å². The lowest BCUT2D eigenvalue weighted by Gasteiger charge is -2.24. The molecule has 0 spiro atoms.